The standard InChI is InChI=1S/C16H22N2O2/c1-13(18-10-8-15-3-2-11-19-15)14-4-6-16(7-5-14)20-12-9-17/h4-7,13,15,18H,2-3,8,10-12H2,1H3. The highest BCUT2D eigenvalue weighted by molar-refractivity contribution is 5.29. The molecule has 1 N–H and O–H groups in total. The summed E-state index contributed by atoms with van der Waals surface area (Å²) in [4.78, 5) is 0. The maximum Gasteiger partial charge on any atom is 0.174 e. The van der Waals surface area contributed by atoms with Crippen LogP contribution in [0.5, 0.6) is 5.75 Å². The molecule has 1 aromatic rings. The van der Waals surface area contributed by atoms with E-state index in [0.717, 1.165) is 25.3 Å². The summed E-state index contributed by atoms with van der Waals surface area (Å²) in [6, 6.07) is 10.2. The Morgan fingerprint density at radius 1 is 1.45 bits per heavy atom. The summed E-state index contributed by atoms with van der Waals surface area (Å²) in [6.45, 7) is 4.14. The topological polar surface area (TPSA) is 54.3 Å². The molecule has 1 aliphatic rings. The quantitative estimate of drug-likeness (QED) is 0.830. The van der Waals surface area contributed by atoms with Crippen molar-refractivity contribution in [1.82, 2.24) is 5.32 Å². The predicted octanol–water partition coefficient (Wildman–Crippen LogP) is 2.81. The molecule has 20 heavy (non-hydrogen) atoms. The van der Waals surface area contributed by atoms with Gasteiger partial charge in [-0.15, -0.1) is 0 Å². The number of nitriles is 1. The van der Waals surface area contributed by atoms with Gasteiger partial charge in [0, 0.05) is 12.6 Å². The van der Waals surface area contributed by atoms with Crippen LogP contribution in [0.2, 0.25) is 0 Å². The van der Waals surface area contributed by atoms with E-state index in [1.807, 2.05) is 30.3 Å². The zero-order chi connectivity index (χ0) is 14.2. The van der Waals surface area contributed by atoms with Crippen LogP contribution in [0.4, 0.5) is 0 Å². The maximum absolute atomic E-state index is 8.46. The predicted molar refractivity (Wildman–Crippen MR) is 77.6 cm³/mol. The van der Waals surface area contributed by atoms with Crippen molar-refractivity contribution in [2.45, 2.75) is 38.3 Å². The van der Waals surface area contributed by atoms with Crippen LogP contribution < -0.4 is 10.1 Å². The van der Waals surface area contributed by atoms with Crippen molar-refractivity contribution in [2.75, 3.05) is 19.8 Å². The largest absolute Gasteiger partial charge is 0.479 e. The Morgan fingerprint density at radius 3 is 2.90 bits per heavy atom. The molecule has 2 unspecified atom stereocenters. The first-order valence-corrected chi connectivity index (χ1v) is 7.24. The Morgan fingerprint density at radius 2 is 2.25 bits per heavy atom. The van der Waals surface area contributed by atoms with E-state index in [4.69, 9.17) is 14.7 Å². The summed E-state index contributed by atoms with van der Waals surface area (Å²) in [5.74, 6) is 0.738. The molecule has 2 rings (SSSR count). The minimum Gasteiger partial charge on any atom is -0.479 e. The van der Waals surface area contributed by atoms with E-state index in [2.05, 4.69) is 12.2 Å². The van der Waals surface area contributed by atoms with Crippen LogP contribution in [-0.2, 0) is 4.74 Å². The highest BCUT2D eigenvalue weighted by atomic mass is 16.5. The van der Waals surface area contributed by atoms with Crippen molar-refractivity contribution in [3.8, 4) is 11.8 Å². The highest BCUT2D eigenvalue weighted by Crippen LogP contribution is 2.18. The molecule has 0 amide bonds. The lowest BCUT2D eigenvalue weighted by molar-refractivity contribution is 0.103. The van der Waals surface area contributed by atoms with Gasteiger partial charge in [0.05, 0.1) is 6.10 Å². The van der Waals surface area contributed by atoms with Crippen molar-refractivity contribution in [3.63, 3.8) is 0 Å². The maximum atomic E-state index is 8.46. The first-order chi connectivity index (χ1) is 9.79. The van der Waals surface area contributed by atoms with E-state index in [0.29, 0.717) is 12.1 Å². The lowest BCUT2D eigenvalue weighted by atomic mass is 10.1. The van der Waals surface area contributed by atoms with Crippen LogP contribution in [0.3, 0.4) is 0 Å². The minimum atomic E-state index is 0.0918. The van der Waals surface area contributed by atoms with Gasteiger partial charge in [-0.3, -0.25) is 0 Å². The van der Waals surface area contributed by atoms with Crippen molar-refractivity contribution in [3.05, 3.63) is 29.8 Å². The molecule has 0 aliphatic carbocycles. The first-order valence-electron chi connectivity index (χ1n) is 7.24. The van der Waals surface area contributed by atoms with Crippen LogP contribution in [-0.4, -0.2) is 25.9 Å². The number of rotatable bonds is 7. The number of ether oxygens (including phenoxy) is 2. The van der Waals surface area contributed by atoms with Crippen LogP contribution in [0, 0.1) is 11.3 Å². The Kier molecular flexibility index (Phi) is 5.85. The molecule has 1 aromatic carbocycles. The second-order valence-electron chi connectivity index (χ2n) is 5.12. The molecule has 0 aromatic heterocycles. The van der Waals surface area contributed by atoms with E-state index in [1.165, 1.54) is 18.4 Å². The molecule has 0 spiro atoms. The molecular weight excluding hydrogens is 252 g/mol. The molecule has 108 valence electrons. The monoisotopic (exact) mass is 274 g/mol. The summed E-state index contributed by atoms with van der Waals surface area (Å²) in [5.41, 5.74) is 1.22. The van der Waals surface area contributed by atoms with Gasteiger partial charge in [0.25, 0.3) is 0 Å². The average molecular weight is 274 g/mol. The zero-order valence-electron chi connectivity index (χ0n) is 12.0. The van der Waals surface area contributed by atoms with E-state index < -0.39 is 0 Å². The number of nitrogens with one attached hydrogen (secondary N) is 1. The lowest BCUT2D eigenvalue weighted by Gasteiger charge is -2.16. The second kappa shape index (κ2) is 7.88. The molecule has 4 nitrogen and oxygen atoms in total. The van der Waals surface area contributed by atoms with Gasteiger partial charge in [-0.2, -0.15) is 5.26 Å². The van der Waals surface area contributed by atoms with Crippen LogP contribution in [0.15, 0.2) is 24.3 Å². The summed E-state index contributed by atoms with van der Waals surface area (Å²) >= 11 is 0. The van der Waals surface area contributed by atoms with E-state index in [9.17, 15) is 0 Å². The van der Waals surface area contributed by atoms with Crippen LogP contribution >= 0.6 is 0 Å². The number of hydrogen-bond donors (Lipinski definition) is 1. The smallest absolute Gasteiger partial charge is 0.174 e. The van der Waals surface area contributed by atoms with Crippen LogP contribution in [0.1, 0.15) is 37.8 Å². The number of nitrogens with zero attached hydrogens (tertiary/aromatic N) is 1. The van der Waals surface area contributed by atoms with E-state index >= 15 is 0 Å². The Balaban J connectivity index is 1.73. The third kappa shape index (κ3) is 4.52. The summed E-state index contributed by atoms with van der Waals surface area (Å²) in [5, 5.41) is 12.0. The normalized spacial score (nSPS) is 19.5. The van der Waals surface area contributed by atoms with Gasteiger partial charge >= 0.3 is 0 Å². The molecule has 0 radical (unpaired) electrons. The van der Waals surface area contributed by atoms with Crippen LogP contribution in [0.25, 0.3) is 0 Å². The molecule has 0 saturated carbocycles. The second-order valence-corrected chi connectivity index (χ2v) is 5.12. The molecule has 1 heterocycles. The van der Waals surface area contributed by atoms with Gasteiger partial charge in [-0.1, -0.05) is 12.1 Å². The molecule has 4 heteroatoms. The first kappa shape index (κ1) is 14.8. The highest BCUT2D eigenvalue weighted by Gasteiger charge is 2.15. The van der Waals surface area contributed by atoms with Gasteiger partial charge in [0.2, 0.25) is 0 Å². The van der Waals surface area contributed by atoms with Crippen molar-refractivity contribution in [2.24, 2.45) is 0 Å². The fourth-order valence-corrected chi connectivity index (χ4v) is 2.42. The Hall–Kier alpha value is -1.57. The average Bonchev–Trinajstić information content (AvgIpc) is 2.99. The van der Waals surface area contributed by atoms with Gasteiger partial charge in [0.15, 0.2) is 6.61 Å². The Bertz CT molecular complexity index is 433. The molecule has 1 saturated heterocycles. The molecular formula is C16H22N2O2. The third-order valence-electron chi connectivity index (χ3n) is 3.62. The summed E-state index contributed by atoms with van der Waals surface area (Å²) in [7, 11) is 0. The third-order valence-corrected chi connectivity index (χ3v) is 3.62. The summed E-state index contributed by atoms with van der Waals surface area (Å²) < 4.78 is 10.9. The molecule has 1 aliphatic heterocycles. The SMILES string of the molecule is CC(NCCC1CCCO1)c1ccc(OCC#N)cc1. The van der Waals surface area contributed by atoms with E-state index in [1.54, 1.807) is 0 Å². The van der Waals surface area contributed by atoms with Gasteiger partial charge < -0.3 is 14.8 Å². The zero-order valence-corrected chi connectivity index (χ0v) is 12.0. The van der Waals surface area contributed by atoms with Crippen molar-refractivity contribution >= 4 is 0 Å². The van der Waals surface area contributed by atoms with Gasteiger partial charge in [-0.05, 0) is 50.4 Å². The minimum absolute atomic E-state index is 0.0918. The fraction of sp³-hybridized carbons (Fsp3) is 0.562. The molecule has 1 fully saturated rings. The van der Waals surface area contributed by atoms with Gasteiger partial charge in [0.1, 0.15) is 11.8 Å². The summed E-state index contributed by atoms with van der Waals surface area (Å²) in [6.07, 6.45) is 3.91. The number of hydrogen-bond acceptors (Lipinski definition) is 4. The molecule has 0 bridgehead atoms. The molecule has 2 atom stereocenters. The van der Waals surface area contributed by atoms with E-state index in [-0.39, 0.29) is 6.61 Å². The van der Waals surface area contributed by atoms with Gasteiger partial charge in [-0.25, -0.2) is 0 Å². The van der Waals surface area contributed by atoms with Crippen molar-refractivity contribution in [1.29, 1.82) is 5.26 Å². The Labute approximate surface area is 120 Å². The lowest BCUT2D eigenvalue weighted by Crippen LogP contribution is -2.23. The fourth-order valence-electron chi connectivity index (χ4n) is 2.42. The number of benzene rings is 1. The van der Waals surface area contributed by atoms with Crippen molar-refractivity contribution < 1.29 is 9.47 Å².